The first kappa shape index (κ1) is 14.9. The van der Waals surface area contributed by atoms with E-state index in [1.165, 1.54) is 18.2 Å². The van der Waals surface area contributed by atoms with Gasteiger partial charge in [-0.05, 0) is 25.1 Å². The number of anilines is 1. The molecule has 0 fully saturated rings. The zero-order valence-electron chi connectivity index (χ0n) is 11.0. The van der Waals surface area contributed by atoms with Crippen LogP contribution in [0.15, 0.2) is 28.8 Å². The fraction of sp³-hybridized carbons (Fsp3) is 0.154. The van der Waals surface area contributed by atoms with Crippen LogP contribution in [0.3, 0.4) is 0 Å². The molecule has 0 saturated carbocycles. The Labute approximate surface area is 124 Å². The molecule has 0 aliphatic heterocycles. The minimum atomic E-state index is -1.17. The fourth-order valence-electron chi connectivity index (χ4n) is 1.58. The second kappa shape index (κ2) is 6.27. The molecule has 0 aliphatic carbocycles. The van der Waals surface area contributed by atoms with Gasteiger partial charge in [-0.25, -0.2) is 14.6 Å². The van der Waals surface area contributed by atoms with Crippen LogP contribution in [0.1, 0.15) is 22.0 Å². The molecule has 2 rings (SSSR count). The van der Waals surface area contributed by atoms with Crippen LogP contribution in [-0.2, 0) is 6.54 Å². The summed E-state index contributed by atoms with van der Waals surface area (Å²) in [6.45, 7) is 1.87. The Morgan fingerprint density at radius 1 is 1.43 bits per heavy atom. The third-order valence-electron chi connectivity index (χ3n) is 2.52. The SMILES string of the molecule is Cc1cnc(CNC(=O)Nc2ccc(Cl)c(C(=O)O)c2)o1. The molecule has 0 atom stereocenters. The molecule has 1 aromatic carbocycles. The predicted octanol–water partition coefficient (Wildman–Crippen LogP) is 2.66. The van der Waals surface area contributed by atoms with Crippen molar-refractivity contribution in [3.8, 4) is 0 Å². The number of hydrogen-bond acceptors (Lipinski definition) is 4. The average molecular weight is 310 g/mol. The van der Waals surface area contributed by atoms with Crippen molar-refractivity contribution in [3.05, 3.63) is 46.6 Å². The number of amides is 2. The molecular formula is C13H12ClN3O4. The molecule has 0 unspecified atom stereocenters. The van der Waals surface area contributed by atoms with Crippen LogP contribution in [0.25, 0.3) is 0 Å². The monoisotopic (exact) mass is 309 g/mol. The second-order valence-electron chi connectivity index (χ2n) is 4.17. The van der Waals surface area contributed by atoms with Crippen LogP contribution in [-0.4, -0.2) is 22.1 Å². The van der Waals surface area contributed by atoms with Gasteiger partial charge < -0.3 is 20.2 Å². The molecule has 3 N–H and O–H groups in total. The summed E-state index contributed by atoms with van der Waals surface area (Å²) in [5, 5.41) is 14.1. The first-order valence-corrected chi connectivity index (χ1v) is 6.32. The van der Waals surface area contributed by atoms with Crippen molar-refractivity contribution >= 4 is 29.3 Å². The molecule has 0 spiro atoms. The number of carboxylic acids is 1. The molecule has 21 heavy (non-hydrogen) atoms. The van der Waals surface area contributed by atoms with E-state index in [0.29, 0.717) is 17.3 Å². The standard InChI is InChI=1S/C13H12ClN3O4/c1-7-5-15-11(21-7)6-16-13(20)17-8-2-3-10(14)9(4-8)12(18)19/h2-5H,6H2,1H3,(H,18,19)(H2,16,17,20). The van der Waals surface area contributed by atoms with Crippen LogP contribution in [0, 0.1) is 6.92 Å². The number of nitrogens with one attached hydrogen (secondary N) is 2. The Bertz CT molecular complexity index is 684. The number of benzene rings is 1. The lowest BCUT2D eigenvalue weighted by Crippen LogP contribution is -2.28. The predicted molar refractivity (Wildman–Crippen MR) is 75.5 cm³/mol. The first-order chi connectivity index (χ1) is 9.95. The maximum Gasteiger partial charge on any atom is 0.337 e. The van der Waals surface area contributed by atoms with Crippen molar-refractivity contribution in [3.63, 3.8) is 0 Å². The summed E-state index contributed by atoms with van der Waals surface area (Å²) < 4.78 is 5.20. The van der Waals surface area contributed by atoms with Gasteiger partial charge in [0, 0.05) is 5.69 Å². The van der Waals surface area contributed by atoms with Crippen molar-refractivity contribution in [1.82, 2.24) is 10.3 Å². The van der Waals surface area contributed by atoms with Crippen molar-refractivity contribution in [2.75, 3.05) is 5.32 Å². The number of oxazole rings is 1. The molecule has 7 nitrogen and oxygen atoms in total. The van der Waals surface area contributed by atoms with E-state index in [9.17, 15) is 9.59 Å². The van der Waals surface area contributed by atoms with E-state index >= 15 is 0 Å². The number of urea groups is 1. The Kier molecular flexibility index (Phi) is 4.44. The van der Waals surface area contributed by atoms with E-state index in [4.69, 9.17) is 21.1 Å². The molecule has 0 radical (unpaired) electrons. The minimum absolute atomic E-state index is 0.0854. The van der Waals surface area contributed by atoms with E-state index in [0.717, 1.165) is 0 Å². The lowest BCUT2D eigenvalue weighted by molar-refractivity contribution is 0.0697. The zero-order valence-corrected chi connectivity index (χ0v) is 11.8. The fourth-order valence-corrected chi connectivity index (χ4v) is 1.78. The van der Waals surface area contributed by atoms with Gasteiger partial charge >= 0.3 is 12.0 Å². The highest BCUT2D eigenvalue weighted by Gasteiger charge is 2.11. The summed E-state index contributed by atoms with van der Waals surface area (Å²) in [5.41, 5.74) is 0.232. The molecule has 110 valence electrons. The third-order valence-corrected chi connectivity index (χ3v) is 2.85. The molecule has 0 bridgehead atoms. The Balaban J connectivity index is 1.96. The van der Waals surface area contributed by atoms with Gasteiger partial charge in [0.1, 0.15) is 5.76 Å². The van der Waals surface area contributed by atoms with Gasteiger partial charge in [-0.3, -0.25) is 0 Å². The number of hydrogen-bond donors (Lipinski definition) is 3. The zero-order chi connectivity index (χ0) is 15.4. The number of aromatic nitrogens is 1. The highest BCUT2D eigenvalue weighted by molar-refractivity contribution is 6.33. The number of rotatable bonds is 4. The highest BCUT2D eigenvalue weighted by Crippen LogP contribution is 2.20. The normalized spacial score (nSPS) is 10.2. The van der Waals surface area contributed by atoms with Crippen LogP contribution in [0.2, 0.25) is 5.02 Å². The summed E-state index contributed by atoms with van der Waals surface area (Å²) in [6, 6.07) is 3.67. The minimum Gasteiger partial charge on any atom is -0.478 e. The van der Waals surface area contributed by atoms with E-state index in [1.807, 2.05) is 0 Å². The van der Waals surface area contributed by atoms with E-state index in [2.05, 4.69) is 15.6 Å². The molecule has 0 saturated heterocycles. The maximum atomic E-state index is 11.7. The van der Waals surface area contributed by atoms with Gasteiger partial charge in [-0.1, -0.05) is 11.6 Å². The van der Waals surface area contributed by atoms with Gasteiger partial charge in [0.25, 0.3) is 0 Å². The van der Waals surface area contributed by atoms with Crippen LogP contribution < -0.4 is 10.6 Å². The van der Waals surface area contributed by atoms with Crippen molar-refractivity contribution < 1.29 is 19.1 Å². The molecule has 2 amide bonds. The smallest absolute Gasteiger partial charge is 0.337 e. The molecule has 2 aromatic rings. The van der Waals surface area contributed by atoms with E-state index in [-0.39, 0.29) is 17.1 Å². The van der Waals surface area contributed by atoms with E-state index < -0.39 is 12.0 Å². The summed E-state index contributed by atoms with van der Waals surface area (Å²) in [7, 11) is 0. The summed E-state index contributed by atoms with van der Waals surface area (Å²) in [4.78, 5) is 26.6. The highest BCUT2D eigenvalue weighted by atomic mass is 35.5. The number of aromatic carboxylic acids is 1. The van der Waals surface area contributed by atoms with Gasteiger partial charge in [0.2, 0.25) is 5.89 Å². The van der Waals surface area contributed by atoms with E-state index in [1.54, 1.807) is 13.1 Å². The molecule has 8 heteroatoms. The number of carbonyl (C=O) groups is 2. The van der Waals surface area contributed by atoms with Gasteiger partial charge in [0.05, 0.1) is 23.3 Å². The lowest BCUT2D eigenvalue weighted by atomic mass is 10.2. The molecule has 0 aliphatic rings. The van der Waals surface area contributed by atoms with Crippen LogP contribution in [0.5, 0.6) is 0 Å². The molecule has 1 heterocycles. The Morgan fingerprint density at radius 2 is 2.19 bits per heavy atom. The number of halogens is 1. The summed E-state index contributed by atoms with van der Waals surface area (Å²) in [5.74, 6) is -0.139. The summed E-state index contributed by atoms with van der Waals surface area (Å²) in [6.07, 6.45) is 1.55. The number of carboxylic acid groups (broad SMARTS) is 1. The average Bonchev–Trinajstić information content (AvgIpc) is 2.84. The topological polar surface area (TPSA) is 104 Å². The number of carbonyl (C=O) groups excluding carboxylic acids is 1. The lowest BCUT2D eigenvalue weighted by Gasteiger charge is -2.07. The quantitative estimate of drug-likeness (QED) is 0.805. The van der Waals surface area contributed by atoms with Crippen LogP contribution >= 0.6 is 11.6 Å². The van der Waals surface area contributed by atoms with Gasteiger partial charge in [0.15, 0.2) is 0 Å². The van der Waals surface area contributed by atoms with Crippen molar-refractivity contribution in [2.24, 2.45) is 0 Å². The molecule has 1 aromatic heterocycles. The first-order valence-electron chi connectivity index (χ1n) is 5.94. The van der Waals surface area contributed by atoms with Gasteiger partial charge in [-0.15, -0.1) is 0 Å². The van der Waals surface area contributed by atoms with Gasteiger partial charge in [-0.2, -0.15) is 0 Å². The van der Waals surface area contributed by atoms with Crippen molar-refractivity contribution in [2.45, 2.75) is 13.5 Å². The number of aryl methyl sites for hydroxylation is 1. The summed E-state index contributed by atoms with van der Waals surface area (Å²) >= 11 is 5.74. The van der Waals surface area contributed by atoms with Crippen molar-refractivity contribution in [1.29, 1.82) is 0 Å². The second-order valence-corrected chi connectivity index (χ2v) is 4.58. The maximum absolute atomic E-state index is 11.7. The number of nitrogens with zero attached hydrogens (tertiary/aromatic N) is 1. The Hall–Kier alpha value is -2.54. The molecular weight excluding hydrogens is 298 g/mol. The largest absolute Gasteiger partial charge is 0.478 e. The Morgan fingerprint density at radius 3 is 2.81 bits per heavy atom. The van der Waals surface area contributed by atoms with Crippen LogP contribution in [0.4, 0.5) is 10.5 Å². The third kappa shape index (κ3) is 3.96.